The number of rotatable bonds is 8. The molecule has 0 aliphatic carbocycles. The highest BCUT2D eigenvalue weighted by Gasteiger charge is 2.25. The molecule has 4 aromatic heterocycles. The van der Waals surface area contributed by atoms with Crippen LogP contribution in [0.25, 0.3) is 72.3 Å². The summed E-state index contributed by atoms with van der Waals surface area (Å²) in [4.78, 5) is 9.21. The molecule has 0 aliphatic rings. The van der Waals surface area contributed by atoms with Crippen molar-refractivity contribution in [1.29, 1.82) is 0 Å². The van der Waals surface area contributed by atoms with Gasteiger partial charge in [0.05, 0.1) is 46.5 Å². The second kappa shape index (κ2) is 16.3. The molecule has 10 aromatic rings. The molecule has 0 aliphatic heterocycles. The molecule has 0 N–H and O–H groups in total. The van der Waals surface area contributed by atoms with Crippen LogP contribution in [0, 0.1) is 11.7 Å². The number of imidazole rings is 1. The highest BCUT2D eigenvalue weighted by molar-refractivity contribution is 6.09. The summed E-state index contributed by atoms with van der Waals surface area (Å²) >= 11 is 0. The molecule has 0 bridgehead atoms. The summed E-state index contributed by atoms with van der Waals surface area (Å²) in [6, 6.07) is 37.7. The van der Waals surface area contributed by atoms with Crippen LogP contribution in [0.15, 0.2) is 170 Å². The van der Waals surface area contributed by atoms with E-state index in [0.717, 1.165) is 60.8 Å². The Kier molecular flexibility index (Phi) is 8.64. The average molecular weight is 871 g/mol. The lowest BCUT2D eigenvalue weighted by Gasteiger charge is -2.27. The maximum absolute atomic E-state index is 9.20. The lowest BCUT2D eigenvalue weighted by molar-refractivity contribution is -0.571. The van der Waals surface area contributed by atoms with Crippen LogP contribution in [-0.2, 0) is 17.2 Å². The Labute approximate surface area is 398 Å². The largest absolute Gasteiger partial charge is 0.458 e. The van der Waals surface area contributed by atoms with Crippen molar-refractivity contribution in [2.75, 3.05) is 0 Å². The van der Waals surface area contributed by atoms with Crippen molar-refractivity contribution in [3.63, 3.8) is 0 Å². The predicted molar refractivity (Wildman–Crippen MR) is 272 cm³/mol. The Morgan fingerprint density at radius 2 is 1.33 bits per heavy atom. The van der Waals surface area contributed by atoms with Crippen LogP contribution >= 0.6 is 0 Å². The Morgan fingerprint density at radius 3 is 2.08 bits per heavy atom. The fourth-order valence-corrected chi connectivity index (χ4v) is 8.70. The van der Waals surface area contributed by atoms with E-state index in [1.165, 1.54) is 0 Å². The van der Waals surface area contributed by atoms with Crippen molar-refractivity contribution >= 4 is 32.8 Å². The number of nitrogens with zero attached hydrogens (tertiary/aromatic N) is 5. The Morgan fingerprint density at radius 1 is 0.636 bits per heavy atom. The van der Waals surface area contributed by atoms with Gasteiger partial charge >= 0.3 is 0 Å². The summed E-state index contributed by atoms with van der Waals surface area (Å²) in [5.74, 6) is 1.70. The number of fused-ring (bicyclic) bond motifs is 4. The van der Waals surface area contributed by atoms with Crippen molar-refractivity contribution < 1.29 is 18.9 Å². The summed E-state index contributed by atoms with van der Waals surface area (Å²) in [5, 5.41) is 1.94. The van der Waals surface area contributed by atoms with Crippen molar-refractivity contribution in [2.24, 2.45) is 5.41 Å². The normalized spacial score (nSPS) is 14.1. The summed E-state index contributed by atoms with van der Waals surface area (Å²) in [5.41, 5.74) is 8.65. The van der Waals surface area contributed by atoms with Crippen LogP contribution in [0.4, 0.5) is 0 Å². The Hall–Kier alpha value is -7.31. The summed E-state index contributed by atoms with van der Waals surface area (Å²) in [6.45, 7) is 18.9. The molecule has 0 amide bonds. The van der Waals surface area contributed by atoms with Crippen LogP contribution in [-0.4, -0.2) is 19.1 Å². The molecule has 0 atom stereocenters. The maximum atomic E-state index is 9.20. The zero-order valence-corrected chi connectivity index (χ0v) is 38.9. The molecule has 4 heterocycles. The van der Waals surface area contributed by atoms with Crippen LogP contribution in [0.5, 0.6) is 11.5 Å². The molecular weight excluding hydrogens is 807 g/mol. The number of hydrogen-bond acceptors (Lipinski definition) is 3. The van der Waals surface area contributed by atoms with Gasteiger partial charge in [-0.1, -0.05) is 159 Å². The van der Waals surface area contributed by atoms with Gasteiger partial charge in [-0.2, -0.15) is 0 Å². The number of hydrogen-bond donors (Lipinski definition) is 0. The molecule has 6 heteroatoms. The third-order valence-electron chi connectivity index (χ3n) is 11.9. The second-order valence-corrected chi connectivity index (χ2v) is 20.0. The van der Waals surface area contributed by atoms with Gasteiger partial charge in [-0.05, 0) is 110 Å². The van der Waals surface area contributed by atoms with Crippen molar-refractivity contribution in [3.05, 3.63) is 193 Å². The van der Waals surface area contributed by atoms with E-state index >= 15 is 0 Å². The first-order valence-electron chi connectivity index (χ1n) is 25.9. The minimum atomic E-state index is -1.63. The van der Waals surface area contributed by atoms with Crippen LogP contribution in [0.2, 0.25) is 0 Å². The third-order valence-corrected chi connectivity index (χ3v) is 11.9. The van der Waals surface area contributed by atoms with Gasteiger partial charge in [-0.25, -0.2) is 4.98 Å². The van der Waals surface area contributed by atoms with Crippen LogP contribution in [0.1, 0.15) is 88.6 Å². The fraction of sp³-hybridized carbons (Fsp3) is 0.217. The molecule has 328 valence electrons. The summed E-state index contributed by atoms with van der Waals surface area (Å²) in [6.07, 6.45) is 7.26. The molecule has 0 spiro atoms. The van der Waals surface area contributed by atoms with Crippen molar-refractivity contribution in [1.82, 2.24) is 19.1 Å². The minimum absolute atomic E-state index is 0.0977. The predicted octanol–water partition coefficient (Wildman–Crippen LogP) is 14.9. The van der Waals surface area contributed by atoms with Gasteiger partial charge < -0.3 is 4.74 Å². The van der Waals surface area contributed by atoms with Gasteiger partial charge in [0.25, 0.3) is 6.33 Å². The third kappa shape index (κ3) is 8.17. The summed E-state index contributed by atoms with van der Waals surface area (Å²) < 4.78 is 75.0. The smallest absolute Gasteiger partial charge is 0.269 e. The van der Waals surface area contributed by atoms with Gasteiger partial charge in [-0.15, -0.1) is 0 Å². The first-order chi connectivity index (χ1) is 34.4. The van der Waals surface area contributed by atoms with E-state index in [0.29, 0.717) is 34.1 Å². The highest BCUT2D eigenvalue weighted by atomic mass is 16.5. The molecule has 6 aromatic carbocycles. The van der Waals surface area contributed by atoms with E-state index in [1.807, 2.05) is 132 Å². The lowest BCUT2D eigenvalue weighted by Crippen LogP contribution is -2.31. The van der Waals surface area contributed by atoms with Crippen LogP contribution < -0.4 is 9.30 Å². The Bertz CT molecular complexity index is 3770. The number of ether oxygens (including phenoxy) is 1. The maximum Gasteiger partial charge on any atom is 0.269 e. The minimum Gasteiger partial charge on any atom is -0.458 e. The number of para-hydroxylation sites is 3. The van der Waals surface area contributed by atoms with E-state index in [1.54, 1.807) is 24.7 Å². The molecule has 6 nitrogen and oxygen atoms in total. The number of pyridine rings is 2. The van der Waals surface area contributed by atoms with Gasteiger partial charge in [0.1, 0.15) is 17.3 Å². The quantitative estimate of drug-likeness (QED) is 0.113. The van der Waals surface area contributed by atoms with E-state index in [4.69, 9.17) is 16.6 Å². The highest BCUT2D eigenvalue weighted by Crippen LogP contribution is 2.40. The molecule has 0 radical (unpaired) electrons. The lowest BCUT2D eigenvalue weighted by atomic mass is 9.78. The number of benzene rings is 6. The molecule has 0 unspecified atom stereocenters. The first-order valence-corrected chi connectivity index (χ1v) is 22.4. The molecule has 0 fully saturated rings. The summed E-state index contributed by atoms with van der Waals surface area (Å²) in [7, 11) is 0. The van der Waals surface area contributed by atoms with Gasteiger partial charge in [0, 0.05) is 32.0 Å². The monoisotopic (exact) mass is 871 g/mol. The zero-order chi connectivity index (χ0) is 52.1. The second-order valence-electron chi connectivity index (χ2n) is 20.0. The van der Waals surface area contributed by atoms with E-state index in [2.05, 4.69) is 71.1 Å². The van der Waals surface area contributed by atoms with Gasteiger partial charge in [-0.3, -0.25) is 18.7 Å². The molecular formula is C60H57N5O. The van der Waals surface area contributed by atoms with E-state index < -0.39 is 29.9 Å². The van der Waals surface area contributed by atoms with Crippen molar-refractivity contribution in [2.45, 2.75) is 79.5 Å². The van der Waals surface area contributed by atoms with Gasteiger partial charge in [0.15, 0.2) is 0 Å². The zero-order valence-electron chi connectivity index (χ0n) is 45.9. The van der Waals surface area contributed by atoms with Crippen LogP contribution in [0.3, 0.4) is 0 Å². The molecule has 10 rings (SSSR count). The standard InChI is InChI=1S/C60H57N5O/c1-58(2,3)37-40-27-30-62-56(31-40)65-54-36-47(25-26-50(54)51-28-29-61-38-55(51)65)66-46-20-15-19-45(35-46)63-39-64(53-24-14-13-23-52(53)63)57-48(41-17-11-10-12-18-41)21-16-22-49(57)42-32-43(59(4,5)6)34-44(33-42)60(7,8)9/h10-36,38H,37H2,1-9H3/i10D,11D,12D,17D,18D,37D2. The fourth-order valence-electron chi connectivity index (χ4n) is 8.70. The first kappa shape index (κ1) is 35.0. The topological polar surface area (TPSA) is 48.8 Å². The molecule has 0 saturated carbocycles. The SMILES string of the molecule is [2H]c1c([2H])c([2H])c(-c2cccc(-c3cc(C(C)(C)C)cc(C(C)(C)C)c3)c2-[n+]2[c-]n(-c3cccc(Oc4ccc5c6ccncc6n(-c6cc(C([2H])([2H])C(C)(C)C)ccn6)c5c4)c3)c3ccccc32)c([2H])c1[2H]. The van der Waals surface area contributed by atoms with Gasteiger partial charge in [0.2, 0.25) is 0 Å². The van der Waals surface area contributed by atoms with Crippen molar-refractivity contribution in [3.8, 4) is 50.9 Å². The average Bonchev–Trinajstić information content (AvgIpc) is 3.90. The number of aromatic nitrogens is 5. The van der Waals surface area contributed by atoms with E-state index in [9.17, 15) is 2.74 Å². The van der Waals surface area contributed by atoms with E-state index in [-0.39, 0.29) is 28.5 Å². The Balaban J connectivity index is 1.14. The molecule has 66 heavy (non-hydrogen) atoms. The molecule has 0 saturated heterocycles.